The van der Waals surface area contributed by atoms with E-state index in [1.54, 1.807) is 0 Å². The van der Waals surface area contributed by atoms with Gasteiger partial charge in [-0.2, -0.15) is 0 Å². The quantitative estimate of drug-likeness (QED) is 0.707. The molecule has 27 heavy (non-hydrogen) atoms. The van der Waals surface area contributed by atoms with Crippen molar-refractivity contribution in [2.45, 2.75) is 51.5 Å². The van der Waals surface area contributed by atoms with E-state index in [9.17, 15) is 9.59 Å². The normalized spacial score (nSPS) is 15.6. The van der Waals surface area contributed by atoms with Gasteiger partial charge in [-0.05, 0) is 49.4 Å². The van der Waals surface area contributed by atoms with Crippen LogP contribution in [0.1, 0.15) is 62.6 Å². The Kier molecular flexibility index (Phi) is 6.28. The second kappa shape index (κ2) is 8.85. The third-order valence-corrected chi connectivity index (χ3v) is 5.08. The molecule has 2 amide bonds. The summed E-state index contributed by atoms with van der Waals surface area (Å²) < 4.78 is 0. The van der Waals surface area contributed by atoms with Crippen molar-refractivity contribution in [3.05, 3.63) is 65.7 Å². The molecule has 0 bridgehead atoms. The van der Waals surface area contributed by atoms with Crippen LogP contribution in [0.3, 0.4) is 0 Å². The minimum absolute atomic E-state index is 0.0571. The molecule has 0 aliphatic heterocycles. The molecule has 1 aliphatic carbocycles. The Balaban J connectivity index is 1.61. The monoisotopic (exact) mass is 364 g/mol. The smallest absolute Gasteiger partial charge is 0.228 e. The van der Waals surface area contributed by atoms with Gasteiger partial charge in [0, 0.05) is 11.6 Å². The lowest BCUT2D eigenvalue weighted by Crippen LogP contribution is -2.31. The van der Waals surface area contributed by atoms with E-state index in [0.29, 0.717) is 0 Å². The molecule has 142 valence electrons. The largest absolute Gasteiger partial charge is 0.349 e. The molecule has 4 nitrogen and oxygen atoms in total. The van der Waals surface area contributed by atoms with Crippen molar-refractivity contribution in [2.24, 2.45) is 5.92 Å². The highest BCUT2D eigenvalue weighted by atomic mass is 16.2. The Morgan fingerprint density at radius 1 is 1.00 bits per heavy atom. The molecular formula is C23H28N2O2. The maximum atomic E-state index is 12.8. The van der Waals surface area contributed by atoms with Crippen LogP contribution in [-0.4, -0.2) is 11.8 Å². The van der Waals surface area contributed by atoms with Gasteiger partial charge in [0.05, 0.1) is 12.0 Å². The van der Waals surface area contributed by atoms with E-state index in [-0.39, 0.29) is 29.7 Å². The molecule has 1 aliphatic rings. The molecule has 2 aromatic rings. The molecule has 3 rings (SSSR count). The summed E-state index contributed by atoms with van der Waals surface area (Å²) >= 11 is 0. The molecule has 4 heteroatoms. The third-order valence-electron chi connectivity index (χ3n) is 5.08. The lowest BCUT2D eigenvalue weighted by Gasteiger charge is -2.21. The molecule has 2 aromatic carbocycles. The zero-order valence-corrected chi connectivity index (χ0v) is 16.1. The Hall–Kier alpha value is -2.62. The molecule has 0 spiro atoms. The molecule has 2 unspecified atom stereocenters. The first-order chi connectivity index (χ1) is 13.1. The molecule has 0 radical (unpaired) electrons. The van der Waals surface area contributed by atoms with Crippen molar-refractivity contribution >= 4 is 17.5 Å². The molecular weight excluding hydrogens is 336 g/mol. The molecule has 1 fully saturated rings. The minimum atomic E-state index is -0.129. The fourth-order valence-electron chi connectivity index (χ4n) is 3.27. The van der Waals surface area contributed by atoms with Gasteiger partial charge in [0.15, 0.2) is 0 Å². The van der Waals surface area contributed by atoms with Gasteiger partial charge in [-0.3, -0.25) is 9.59 Å². The van der Waals surface area contributed by atoms with Crippen molar-refractivity contribution in [2.75, 3.05) is 5.32 Å². The Bertz CT molecular complexity index is 767. The Morgan fingerprint density at radius 3 is 2.26 bits per heavy atom. The second-order valence-corrected chi connectivity index (χ2v) is 7.37. The first-order valence-corrected chi connectivity index (χ1v) is 9.84. The number of benzene rings is 2. The number of rotatable bonds is 8. The van der Waals surface area contributed by atoms with Crippen molar-refractivity contribution in [3.63, 3.8) is 0 Å². The van der Waals surface area contributed by atoms with Crippen LogP contribution in [0.4, 0.5) is 5.69 Å². The van der Waals surface area contributed by atoms with Gasteiger partial charge in [0.25, 0.3) is 0 Å². The molecule has 0 heterocycles. The Labute approximate surface area is 161 Å². The van der Waals surface area contributed by atoms with Crippen LogP contribution in [0.2, 0.25) is 0 Å². The predicted octanol–water partition coefficient (Wildman–Crippen LogP) is 4.80. The van der Waals surface area contributed by atoms with E-state index in [2.05, 4.69) is 17.6 Å². The highest BCUT2D eigenvalue weighted by molar-refractivity contribution is 5.94. The predicted molar refractivity (Wildman–Crippen MR) is 108 cm³/mol. The fourth-order valence-corrected chi connectivity index (χ4v) is 3.27. The number of anilines is 1. The average molecular weight is 364 g/mol. The van der Waals surface area contributed by atoms with E-state index in [4.69, 9.17) is 0 Å². The molecule has 0 aromatic heterocycles. The van der Waals surface area contributed by atoms with Gasteiger partial charge >= 0.3 is 0 Å². The van der Waals surface area contributed by atoms with Gasteiger partial charge in [-0.1, -0.05) is 55.8 Å². The van der Waals surface area contributed by atoms with Crippen molar-refractivity contribution in [1.29, 1.82) is 0 Å². The summed E-state index contributed by atoms with van der Waals surface area (Å²) in [5, 5.41) is 6.08. The maximum absolute atomic E-state index is 12.8. The van der Waals surface area contributed by atoms with Crippen LogP contribution in [0.5, 0.6) is 0 Å². The highest BCUT2D eigenvalue weighted by Crippen LogP contribution is 2.30. The van der Waals surface area contributed by atoms with E-state index in [0.717, 1.165) is 42.5 Å². The number of nitrogens with one attached hydrogen (secondary N) is 2. The van der Waals surface area contributed by atoms with Crippen LogP contribution >= 0.6 is 0 Å². The van der Waals surface area contributed by atoms with Crippen molar-refractivity contribution < 1.29 is 9.59 Å². The third kappa shape index (κ3) is 5.19. The van der Waals surface area contributed by atoms with Gasteiger partial charge in [0.1, 0.15) is 0 Å². The summed E-state index contributed by atoms with van der Waals surface area (Å²) in [5.41, 5.74) is 2.89. The highest BCUT2D eigenvalue weighted by Gasteiger charge is 2.29. The van der Waals surface area contributed by atoms with E-state index in [1.807, 2.05) is 61.5 Å². The first kappa shape index (κ1) is 19.2. The minimum Gasteiger partial charge on any atom is -0.349 e. The van der Waals surface area contributed by atoms with E-state index < -0.39 is 0 Å². The SMILES string of the molecule is CCCC(C(=O)NC(C)c1ccc(NC(=O)C2CC2)cc1)c1ccccc1. The zero-order valence-electron chi connectivity index (χ0n) is 16.1. The summed E-state index contributed by atoms with van der Waals surface area (Å²) in [4.78, 5) is 24.7. The first-order valence-electron chi connectivity index (χ1n) is 9.84. The topological polar surface area (TPSA) is 58.2 Å². The van der Waals surface area contributed by atoms with Crippen molar-refractivity contribution in [1.82, 2.24) is 5.32 Å². The number of amides is 2. The number of carbonyl (C=O) groups is 2. The number of carbonyl (C=O) groups excluding carboxylic acids is 2. The van der Waals surface area contributed by atoms with E-state index >= 15 is 0 Å². The van der Waals surface area contributed by atoms with Crippen LogP contribution < -0.4 is 10.6 Å². The summed E-state index contributed by atoms with van der Waals surface area (Å²) in [5.74, 6) is 0.225. The zero-order chi connectivity index (χ0) is 19.2. The van der Waals surface area contributed by atoms with Crippen LogP contribution in [0, 0.1) is 5.92 Å². The number of hydrogen-bond acceptors (Lipinski definition) is 2. The standard InChI is InChI=1S/C23H28N2O2/c1-3-7-21(18-8-5-4-6-9-18)23(27)24-16(2)17-12-14-20(15-13-17)25-22(26)19-10-11-19/h4-6,8-9,12-16,19,21H,3,7,10-11H2,1-2H3,(H,24,27)(H,25,26). The molecule has 2 atom stereocenters. The van der Waals surface area contributed by atoms with E-state index in [1.165, 1.54) is 0 Å². The summed E-state index contributed by atoms with van der Waals surface area (Å²) in [6.07, 6.45) is 3.77. The summed E-state index contributed by atoms with van der Waals surface area (Å²) in [6, 6.07) is 17.6. The molecule has 2 N–H and O–H groups in total. The summed E-state index contributed by atoms with van der Waals surface area (Å²) in [6.45, 7) is 4.09. The van der Waals surface area contributed by atoms with Gasteiger partial charge in [-0.15, -0.1) is 0 Å². The Morgan fingerprint density at radius 2 is 1.67 bits per heavy atom. The lowest BCUT2D eigenvalue weighted by molar-refractivity contribution is -0.123. The van der Waals surface area contributed by atoms with Crippen molar-refractivity contribution in [3.8, 4) is 0 Å². The fraction of sp³-hybridized carbons (Fsp3) is 0.391. The number of hydrogen-bond donors (Lipinski definition) is 2. The van der Waals surface area contributed by atoms with Crippen LogP contribution in [-0.2, 0) is 9.59 Å². The summed E-state index contributed by atoms with van der Waals surface area (Å²) in [7, 11) is 0. The second-order valence-electron chi connectivity index (χ2n) is 7.37. The van der Waals surface area contributed by atoms with Crippen LogP contribution in [0.25, 0.3) is 0 Å². The van der Waals surface area contributed by atoms with Gasteiger partial charge in [0.2, 0.25) is 11.8 Å². The van der Waals surface area contributed by atoms with Crippen LogP contribution in [0.15, 0.2) is 54.6 Å². The van der Waals surface area contributed by atoms with Gasteiger partial charge in [-0.25, -0.2) is 0 Å². The lowest BCUT2D eigenvalue weighted by atomic mass is 9.93. The molecule has 0 saturated heterocycles. The average Bonchev–Trinajstić information content (AvgIpc) is 3.52. The molecule has 1 saturated carbocycles. The maximum Gasteiger partial charge on any atom is 0.228 e. The van der Waals surface area contributed by atoms with Gasteiger partial charge < -0.3 is 10.6 Å².